The van der Waals surface area contributed by atoms with Crippen LogP contribution in [0.15, 0.2) is 0 Å². The molecule has 2 atom stereocenters. The van der Waals surface area contributed by atoms with E-state index in [0.29, 0.717) is 12.8 Å². The lowest BCUT2D eigenvalue weighted by atomic mass is 9.83. The molecule has 0 aromatic carbocycles. The summed E-state index contributed by atoms with van der Waals surface area (Å²) in [4.78, 5) is 0. The molecular formula is C9H15F3O2. The van der Waals surface area contributed by atoms with Gasteiger partial charge in [0.25, 0.3) is 0 Å². The Morgan fingerprint density at radius 3 is 1.93 bits per heavy atom. The monoisotopic (exact) mass is 212 g/mol. The van der Waals surface area contributed by atoms with Gasteiger partial charge >= 0.3 is 6.18 Å². The fourth-order valence-electron chi connectivity index (χ4n) is 1.93. The van der Waals surface area contributed by atoms with Crippen LogP contribution in [0.25, 0.3) is 0 Å². The van der Waals surface area contributed by atoms with E-state index in [1.807, 2.05) is 0 Å². The molecule has 1 aliphatic rings. The first-order valence-corrected chi connectivity index (χ1v) is 4.86. The van der Waals surface area contributed by atoms with Gasteiger partial charge in [-0.25, -0.2) is 0 Å². The number of aliphatic hydroxyl groups is 2. The quantitative estimate of drug-likeness (QED) is 0.733. The number of hydrogen-bond donors (Lipinski definition) is 2. The van der Waals surface area contributed by atoms with E-state index in [9.17, 15) is 18.3 Å². The third kappa shape index (κ3) is 2.85. The lowest BCUT2D eigenvalue weighted by Crippen LogP contribution is -2.44. The van der Waals surface area contributed by atoms with Crippen molar-refractivity contribution in [2.24, 2.45) is 5.92 Å². The molecule has 0 aromatic heterocycles. The van der Waals surface area contributed by atoms with Gasteiger partial charge in [-0.2, -0.15) is 13.2 Å². The summed E-state index contributed by atoms with van der Waals surface area (Å²) in [5, 5.41) is 18.1. The molecule has 2 unspecified atom stereocenters. The maximum Gasteiger partial charge on any atom is 0.416 e. The third-order valence-electron chi connectivity index (χ3n) is 2.79. The number of halogens is 3. The summed E-state index contributed by atoms with van der Waals surface area (Å²) in [7, 11) is 0. The summed E-state index contributed by atoms with van der Waals surface area (Å²) >= 11 is 0. The molecule has 5 heteroatoms. The van der Waals surface area contributed by atoms with E-state index in [-0.39, 0.29) is 0 Å². The summed E-state index contributed by atoms with van der Waals surface area (Å²) in [5.74, 6) is -0.402. The molecule has 0 aromatic rings. The SMILES string of the molecule is OC(C1CCCCC1)C(O)C(F)(F)F. The highest BCUT2D eigenvalue weighted by Crippen LogP contribution is 2.32. The molecule has 0 radical (unpaired) electrons. The smallest absolute Gasteiger partial charge is 0.390 e. The standard InChI is InChI=1S/C9H15F3O2/c10-9(11,12)8(14)7(13)6-4-2-1-3-5-6/h6-8,13-14H,1-5H2. The molecule has 1 saturated carbocycles. The van der Waals surface area contributed by atoms with Crippen molar-refractivity contribution < 1.29 is 23.4 Å². The highest BCUT2D eigenvalue weighted by molar-refractivity contribution is 4.82. The molecular weight excluding hydrogens is 197 g/mol. The number of rotatable bonds is 2. The zero-order valence-corrected chi connectivity index (χ0v) is 7.80. The Morgan fingerprint density at radius 1 is 1.00 bits per heavy atom. The second-order valence-electron chi connectivity index (χ2n) is 3.88. The number of aliphatic hydroxyl groups excluding tert-OH is 2. The third-order valence-corrected chi connectivity index (χ3v) is 2.79. The van der Waals surface area contributed by atoms with Gasteiger partial charge in [0.15, 0.2) is 6.10 Å². The van der Waals surface area contributed by atoms with Crippen LogP contribution in [0.1, 0.15) is 32.1 Å². The van der Waals surface area contributed by atoms with Crippen molar-refractivity contribution in [3.8, 4) is 0 Å². The van der Waals surface area contributed by atoms with E-state index in [4.69, 9.17) is 5.11 Å². The van der Waals surface area contributed by atoms with E-state index >= 15 is 0 Å². The Balaban J connectivity index is 2.50. The van der Waals surface area contributed by atoms with Crippen molar-refractivity contribution in [1.82, 2.24) is 0 Å². The van der Waals surface area contributed by atoms with Gasteiger partial charge in [0.2, 0.25) is 0 Å². The summed E-state index contributed by atoms with van der Waals surface area (Å²) in [6.07, 6.45) is -5.12. The van der Waals surface area contributed by atoms with Crippen molar-refractivity contribution in [3.63, 3.8) is 0 Å². The maximum absolute atomic E-state index is 12.0. The Hall–Kier alpha value is -0.290. The molecule has 84 valence electrons. The van der Waals surface area contributed by atoms with Gasteiger partial charge in [-0.1, -0.05) is 19.3 Å². The molecule has 1 fully saturated rings. The van der Waals surface area contributed by atoms with Crippen molar-refractivity contribution >= 4 is 0 Å². The second-order valence-corrected chi connectivity index (χ2v) is 3.88. The van der Waals surface area contributed by atoms with Crippen LogP contribution >= 0.6 is 0 Å². The number of hydrogen-bond acceptors (Lipinski definition) is 2. The highest BCUT2D eigenvalue weighted by atomic mass is 19.4. The molecule has 0 spiro atoms. The van der Waals surface area contributed by atoms with E-state index in [1.54, 1.807) is 0 Å². The minimum atomic E-state index is -4.71. The summed E-state index contributed by atoms with van der Waals surface area (Å²) in [5.41, 5.74) is 0. The zero-order valence-electron chi connectivity index (χ0n) is 7.80. The Labute approximate surface area is 80.7 Å². The van der Waals surface area contributed by atoms with Crippen molar-refractivity contribution in [2.45, 2.75) is 50.5 Å². The maximum atomic E-state index is 12.0. The van der Waals surface area contributed by atoms with E-state index in [0.717, 1.165) is 19.3 Å². The molecule has 0 amide bonds. The van der Waals surface area contributed by atoms with Crippen LogP contribution in [0.5, 0.6) is 0 Å². The predicted octanol–water partition coefficient (Wildman–Crippen LogP) is 1.85. The molecule has 1 rings (SSSR count). The van der Waals surface area contributed by atoms with E-state index < -0.39 is 24.3 Å². The Morgan fingerprint density at radius 2 is 1.50 bits per heavy atom. The predicted molar refractivity (Wildman–Crippen MR) is 44.6 cm³/mol. The highest BCUT2D eigenvalue weighted by Gasteiger charge is 2.45. The average Bonchev–Trinajstić information content (AvgIpc) is 2.15. The molecule has 0 saturated heterocycles. The minimum Gasteiger partial charge on any atom is -0.390 e. The van der Waals surface area contributed by atoms with Crippen LogP contribution in [0, 0.1) is 5.92 Å². The zero-order chi connectivity index (χ0) is 10.8. The van der Waals surface area contributed by atoms with Gasteiger partial charge in [-0.3, -0.25) is 0 Å². The van der Waals surface area contributed by atoms with Gasteiger partial charge in [0.05, 0.1) is 6.10 Å². The van der Waals surface area contributed by atoms with Gasteiger partial charge in [-0.15, -0.1) is 0 Å². The average molecular weight is 212 g/mol. The van der Waals surface area contributed by atoms with E-state index in [2.05, 4.69) is 0 Å². The van der Waals surface area contributed by atoms with Crippen LogP contribution < -0.4 is 0 Å². The van der Waals surface area contributed by atoms with Gasteiger partial charge in [-0.05, 0) is 18.8 Å². The molecule has 0 bridgehead atoms. The molecule has 0 aliphatic heterocycles. The topological polar surface area (TPSA) is 40.5 Å². The molecule has 1 aliphatic carbocycles. The largest absolute Gasteiger partial charge is 0.416 e. The second kappa shape index (κ2) is 4.49. The number of alkyl halides is 3. The Bertz CT molecular complexity index is 175. The van der Waals surface area contributed by atoms with Crippen LogP contribution in [0.2, 0.25) is 0 Å². The van der Waals surface area contributed by atoms with Gasteiger partial charge < -0.3 is 10.2 Å². The minimum absolute atomic E-state index is 0.402. The molecule has 2 nitrogen and oxygen atoms in total. The fraction of sp³-hybridized carbons (Fsp3) is 1.00. The van der Waals surface area contributed by atoms with Gasteiger partial charge in [0, 0.05) is 0 Å². The van der Waals surface area contributed by atoms with Crippen LogP contribution in [-0.4, -0.2) is 28.6 Å². The Kier molecular flexibility index (Phi) is 3.78. The molecule has 2 N–H and O–H groups in total. The van der Waals surface area contributed by atoms with E-state index in [1.165, 1.54) is 0 Å². The lowest BCUT2D eigenvalue weighted by Gasteiger charge is -2.30. The van der Waals surface area contributed by atoms with Crippen LogP contribution in [0.4, 0.5) is 13.2 Å². The first-order valence-electron chi connectivity index (χ1n) is 4.86. The van der Waals surface area contributed by atoms with Gasteiger partial charge in [0.1, 0.15) is 0 Å². The van der Waals surface area contributed by atoms with Crippen molar-refractivity contribution in [3.05, 3.63) is 0 Å². The summed E-state index contributed by atoms with van der Waals surface area (Å²) in [6, 6.07) is 0. The first kappa shape index (κ1) is 11.8. The summed E-state index contributed by atoms with van der Waals surface area (Å²) in [6.45, 7) is 0. The normalized spacial score (nSPS) is 24.6. The van der Waals surface area contributed by atoms with Crippen molar-refractivity contribution in [2.75, 3.05) is 0 Å². The lowest BCUT2D eigenvalue weighted by molar-refractivity contribution is -0.237. The van der Waals surface area contributed by atoms with Crippen LogP contribution in [0.3, 0.4) is 0 Å². The molecule has 0 heterocycles. The van der Waals surface area contributed by atoms with Crippen LogP contribution in [-0.2, 0) is 0 Å². The fourth-order valence-corrected chi connectivity index (χ4v) is 1.93. The first-order chi connectivity index (χ1) is 6.43. The summed E-state index contributed by atoms with van der Waals surface area (Å²) < 4.78 is 36.1. The molecule has 14 heavy (non-hydrogen) atoms. The van der Waals surface area contributed by atoms with Crippen molar-refractivity contribution in [1.29, 1.82) is 0 Å².